The van der Waals surface area contributed by atoms with E-state index in [-0.39, 0.29) is 28.9 Å². The van der Waals surface area contributed by atoms with E-state index in [1.807, 2.05) is 0 Å². The summed E-state index contributed by atoms with van der Waals surface area (Å²) in [5.41, 5.74) is 0.386. The third-order valence-corrected chi connectivity index (χ3v) is 13.4. The van der Waals surface area contributed by atoms with Crippen molar-refractivity contribution in [1.29, 1.82) is 0 Å². The molecule has 37 heavy (non-hydrogen) atoms. The molecule has 1 amide bonds. The molecule has 5 rings (SSSR count). The lowest BCUT2D eigenvalue weighted by atomic mass is 9.44. The van der Waals surface area contributed by atoms with Crippen LogP contribution in [-0.2, 0) is 9.59 Å². The number of halogens is 1. The number of fused-ring (bicyclic) bond motifs is 5. The summed E-state index contributed by atoms with van der Waals surface area (Å²) in [7, 11) is 0. The van der Waals surface area contributed by atoms with Gasteiger partial charge in [-0.3, -0.25) is 9.59 Å². The Kier molecular flexibility index (Phi) is 7.79. The summed E-state index contributed by atoms with van der Waals surface area (Å²) in [6.07, 6.45) is 8.17. The van der Waals surface area contributed by atoms with Gasteiger partial charge in [0, 0.05) is 24.1 Å². The molecule has 10 atom stereocenters. The van der Waals surface area contributed by atoms with Gasteiger partial charge in [-0.15, -0.1) is 11.3 Å². The molecule has 0 bridgehead atoms. The van der Waals surface area contributed by atoms with Gasteiger partial charge < -0.3 is 10.4 Å². The van der Waals surface area contributed by atoms with Crippen LogP contribution >= 0.6 is 27.3 Å². The van der Waals surface area contributed by atoms with Crippen LogP contribution in [0.4, 0.5) is 0 Å². The van der Waals surface area contributed by atoms with Crippen LogP contribution in [0.5, 0.6) is 0 Å². The first-order valence-electron chi connectivity index (χ1n) is 14.7. The Balaban J connectivity index is 1.28. The van der Waals surface area contributed by atoms with E-state index in [0.717, 1.165) is 35.9 Å². The van der Waals surface area contributed by atoms with Crippen molar-refractivity contribution in [2.24, 2.45) is 52.3 Å². The second-order valence-corrected chi connectivity index (χ2v) is 16.4. The Hall–Kier alpha value is -0.720. The molecule has 0 aromatic carbocycles. The quantitative estimate of drug-likeness (QED) is 0.359. The standard InChI is InChI=1S/C31H46BrNO3S/c1-17(2)29(25-8-9-26(32)37-25)33-27(36)14-18(3)21-6-7-22-28-23(11-13-31(21,22)5)30(4)12-10-20(34)15-19(30)16-24(28)35/h8-9,17-19,21-24,28-29,35H,6-7,10-16H2,1-5H3,(H,33,36)/t18-,19+,21-,22+,23+,24-,28+,29+,30+,31-/m1/s1. The van der Waals surface area contributed by atoms with E-state index in [2.05, 4.69) is 68.0 Å². The van der Waals surface area contributed by atoms with Crippen molar-refractivity contribution in [3.05, 3.63) is 20.8 Å². The fourth-order valence-corrected chi connectivity index (χ4v) is 11.4. The number of aliphatic hydroxyl groups excluding tert-OH is 1. The SMILES string of the molecule is CC(C)[C@H](NC(=O)C[C@@H](C)[C@H]1CC[C@H]2[C@@H]3[C@H](O)C[C@@H]4CC(=O)CC[C@]4(C)[C@H]3CC[C@]12C)c1ccc(Br)s1. The molecule has 4 fully saturated rings. The van der Waals surface area contributed by atoms with E-state index in [4.69, 9.17) is 0 Å². The van der Waals surface area contributed by atoms with Gasteiger partial charge in [-0.25, -0.2) is 0 Å². The van der Waals surface area contributed by atoms with Crippen LogP contribution in [0.25, 0.3) is 0 Å². The van der Waals surface area contributed by atoms with Gasteiger partial charge in [0.1, 0.15) is 5.78 Å². The summed E-state index contributed by atoms with van der Waals surface area (Å²) >= 11 is 5.27. The number of ketones is 1. The molecule has 0 unspecified atom stereocenters. The Morgan fingerprint density at radius 2 is 1.86 bits per heavy atom. The summed E-state index contributed by atoms with van der Waals surface area (Å²) in [4.78, 5) is 26.7. The third-order valence-electron chi connectivity index (χ3n) is 11.7. The summed E-state index contributed by atoms with van der Waals surface area (Å²) in [6.45, 7) is 11.5. The van der Waals surface area contributed by atoms with Gasteiger partial charge in [0.25, 0.3) is 0 Å². The van der Waals surface area contributed by atoms with Crippen molar-refractivity contribution >= 4 is 39.0 Å². The molecule has 4 aliphatic carbocycles. The molecule has 206 valence electrons. The Morgan fingerprint density at radius 3 is 2.54 bits per heavy atom. The predicted molar refractivity (Wildman–Crippen MR) is 153 cm³/mol. The minimum absolute atomic E-state index is 0.0480. The number of carbonyl (C=O) groups excluding carboxylic acids is 2. The number of Topliss-reactive ketones (excluding diaryl/α,β-unsaturated/α-hetero) is 1. The van der Waals surface area contributed by atoms with Crippen molar-refractivity contribution in [2.75, 3.05) is 0 Å². The van der Waals surface area contributed by atoms with Crippen molar-refractivity contribution < 1.29 is 14.7 Å². The lowest BCUT2D eigenvalue weighted by Gasteiger charge is -2.61. The minimum Gasteiger partial charge on any atom is -0.393 e. The van der Waals surface area contributed by atoms with Crippen LogP contribution in [0.15, 0.2) is 15.9 Å². The van der Waals surface area contributed by atoms with E-state index in [9.17, 15) is 14.7 Å². The monoisotopic (exact) mass is 591 g/mol. The molecule has 4 saturated carbocycles. The molecule has 1 aromatic heterocycles. The summed E-state index contributed by atoms with van der Waals surface area (Å²) in [6, 6.07) is 4.23. The number of aliphatic hydroxyl groups is 1. The van der Waals surface area contributed by atoms with E-state index in [1.54, 1.807) is 11.3 Å². The maximum absolute atomic E-state index is 13.3. The number of thiophene rings is 1. The maximum Gasteiger partial charge on any atom is 0.220 e. The van der Waals surface area contributed by atoms with Crippen LogP contribution in [0.1, 0.15) is 103 Å². The Labute approximate surface area is 235 Å². The van der Waals surface area contributed by atoms with Crippen molar-refractivity contribution in [1.82, 2.24) is 5.32 Å². The smallest absolute Gasteiger partial charge is 0.220 e. The highest BCUT2D eigenvalue weighted by atomic mass is 79.9. The first kappa shape index (κ1) is 27.8. The summed E-state index contributed by atoms with van der Waals surface area (Å²) < 4.78 is 1.10. The van der Waals surface area contributed by atoms with E-state index in [1.165, 1.54) is 17.7 Å². The van der Waals surface area contributed by atoms with Gasteiger partial charge in [0.05, 0.1) is 15.9 Å². The summed E-state index contributed by atoms with van der Waals surface area (Å²) in [5, 5.41) is 14.8. The third kappa shape index (κ3) is 4.90. The van der Waals surface area contributed by atoms with Gasteiger partial charge in [-0.05, 0) is 119 Å². The number of hydrogen-bond acceptors (Lipinski definition) is 4. The van der Waals surface area contributed by atoms with E-state index < -0.39 is 0 Å². The van der Waals surface area contributed by atoms with Crippen LogP contribution in [0.2, 0.25) is 0 Å². The van der Waals surface area contributed by atoms with Crippen molar-refractivity contribution in [3.63, 3.8) is 0 Å². The van der Waals surface area contributed by atoms with Crippen LogP contribution in [-0.4, -0.2) is 22.9 Å². The molecule has 0 radical (unpaired) electrons. The molecule has 1 aromatic rings. The lowest BCUT2D eigenvalue weighted by Crippen LogP contribution is -2.58. The fraction of sp³-hybridized carbons (Fsp3) is 0.806. The van der Waals surface area contributed by atoms with Crippen LogP contribution in [0.3, 0.4) is 0 Å². The summed E-state index contributed by atoms with van der Waals surface area (Å²) in [5.74, 6) is 3.50. The molecular weight excluding hydrogens is 546 g/mol. The number of nitrogens with one attached hydrogen (secondary N) is 1. The number of hydrogen-bond donors (Lipinski definition) is 2. The number of rotatable bonds is 6. The highest BCUT2D eigenvalue weighted by Gasteiger charge is 2.63. The molecule has 6 heteroatoms. The van der Waals surface area contributed by atoms with Gasteiger partial charge in [0.2, 0.25) is 5.91 Å². The average Bonchev–Trinajstić information content (AvgIpc) is 3.41. The number of amides is 1. The molecule has 2 N–H and O–H groups in total. The van der Waals surface area contributed by atoms with Crippen molar-refractivity contribution in [3.8, 4) is 0 Å². The molecule has 0 aliphatic heterocycles. The zero-order valence-electron chi connectivity index (χ0n) is 23.3. The highest BCUT2D eigenvalue weighted by molar-refractivity contribution is 9.11. The topological polar surface area (TPSA) is 66.4 Å². The largest absolute Gasteiger partial charge is 0.393 e. The van der Waals surface area contributed by atoms with Gasteiger partial charge in [-0.1, -0.05) is 34.6 Å². The van der Waals surface area contributed by atoms with E-state index >= 15 is 0 Å². The molecular formula is C31H46BrNO3S. The Bertz CT molecular complexity index is 1020. The second kappa shape index (κ2) is 10.4. The fourth-order valence-electron chi connectivity index (χ4n) is 9.72. The first-order chi connectivity index (χ1) is 17.4. The lowest BCUT2D eigenvalue weighted by molar-refractivity contribution is -0.169. The Morgan fingerprint density at radius 1 is 1.14 bits per heavy atom. The molecule has 0 saturated heterocycles. The zero-order valence-corrected chi connectivity index (χ0v) is 25.7. The predicted octanol–water partition coefficient (Wildman–Crippen LogP) is 7.55. The zero-order chi connectivity index (χ0) is 26.7. The normalized spacial score (nSPS) is 41.0. The van der Waals surface area contributed by atoms with Crippen molar-refractivity contribution in [2.45, 2.75) is 105 Å². The highest BCUT2D eigenvalue weighted by Crippen LogP contribution is 2.68. The first-order valence-corrected chi connectivity index (χ1v) is 16.3. The van der Waals surface area contributed by atoms with Crippen LogP contribution in [0, 0.1) is 52.3 Å². The average molecular weight is 593 g/mol. The number of carbonyl (C=O) groups is 2. The molecule has 0 spiro atoms. The molecule has 4 aliphatic rings. The maximum atomic E-state index is 13.3. The molecule has 4 nitrogen and oxygen atoms in total. The van der Waals surface area contributed by atoms with E-state index in [0.29, 0.717) is 60.1 Å². The minimum atomic E-state index is -0.284. The van der Waals surface area contributed by atoms with Gasteiger partial charge in [0.15, 0.2) is 0 Å². The van der Waals surface area contributed by atoms with Gasteiger partial charge >= 0.3 is 0 Å². The molecule has 1 heterocycles. The van der Waals surface area contributed by atoms with Gasteiger partial charge in [-0.2, -0.15) is 0 Å². The second-order valence-electron chi connectivity index (χ2n) is 13.9. The van der Waals surface area contributed by atoms with Crippen LogP contribution < -0.4 is 5.32 Å².